The molecule has 0 spiro atoms. The van der Waals surface area contributed by atoms with Crippen molar-refractivity contribution in [2.75, 3.05) is 0 Å². The fraction of sp³-hybridized carbons (Fsp3) is 0.312. The van der Waals surface area contributed by atoms with E-state index in [1.54, 1.807) is 6.07 Å². The summed E-state index contributed by atoms with van der Waals surface area (Å²) >= 11 is 6.31. The number of fused-ring (bicyclic) bond motifs is 1. The topological polar surface area (TPSA) is 85.1 Å². The molecule has 1 saturated carbocycles. The van der Waals surface area contributed by atoms with E-state index < -0.39 is 11.9 Å². The first-order valence-electron chi connectivity index (χ1n) is 7.15. The second-order valence-electron chi connectivity index (χ2n) is 5.66. The minimum atomic E-state index is -0.732. The van der Waals surface area contributed by atoms with Crippen LogP contribution in [0.2, 0.25) is 5.02 Å². The Morgan fingerprint density at radius 2 is 2.09 bits per heavy atom. The van der Waals surface area contributed by atoms with Gasteiger partial charge in [-0.3, -0.25) is 14.6 Å². The average Bonchev–Trinajstić information content (AvgIpc) is 3.30. The van der Waals surface area contributed by atoms with Gasteiger partial charge < -0.3 is 11.1 Å². The third kappa shape index (κ3) is 2.90. The first-order valence-corrected chi connectivity index (χ1v) is 7.53. The van der Waals surface area contributed by atoms with Crippen molar-refractivity contribution in [3.63, 3.8) is 0 Å². The van der Waals surface area contributed by atoms with Gasteiger partial charge in [-0.1, -0.05) is 11.6 Å². The van der Waals surface area contributed by atoms with Gasteiger partial charge in [-0.25, -0.2) is 0 Å². The van der Waals surface area contributed by atoms with Crippen LogP contribution < -0.4 is 11.1 Å². The van der Waals surface area contributed by atoms with Gasteiger partial charge in [-0.15, -0.1) is 0 Å². The van der Waals surface area contributed by atoms with Crippen molar-refractivity contribution in [3.8, 4) is 0 Å². The normalized spacial score (nSPS) is 15.5. The molecule has 0 bridgehead atoms. The van der Waals surface area contributed by atoms with Crippen molar-refractivity contribution < 1.29 is 9.59 Å². The Morgan fingerprint density at radius 1 is 1.36 bits per heavy atom. The zero-order valence-electron chi connectivity index (χ0n) is 12.1. The fourth-order valence-electron chi connectivity index (χ4n) is 2.35. The van der Waals surface area contributed by atoms with Gasteiger partial charge in [0.25, 0.3) is 5.91 Å². The highest BCUT2D eigenvalue weighted by atomic mass is 35.5. The standard InChI is InChI=1S/C16H16ClN3O2/c1-8(15(18)21)20-16(22)11-4-10-5-13(17)12(9-2-3-9)6-14(10)19-7-11/h4-9H,2-3H2,1H3,(H2,18,21)(H,20,22)/t8-/m0/s1. The molecule has 1 aromatic heterocycles. The maximum absolute atomic E-state index is 12.1. The number of aromatic nitrogens is 1. The number of pyridine rings is 1. The highest BCUT2D eigenvalue weighted by Gasteiger charge is 2.26. The Hall–Kier alpha value is -2.14. The number of nitrogens with one attached hydrogen (secondary N) is 1. The highest BCUT2D eigenvalue weighted by Crippen LogP contribution is 2.44. The molecule has 0 saturated heterocycles. The summed E-state index contributed by atoms with van der Waals surface area (Å²) in [6, 6.07) is 4.81. The molecule has 2 aromatic rings. The second-order valence-corrected chi connectivity index (χ2v) is 6.07. The summed E-state index contributed by atoms with van der Waals surface area (Å²) in [6.45, 7) is 1.54. The Kier molecular flexibility index (Phi) is 3.74. The molecule has 1 aliphatic carbocycles. The molecule has 1 aliphatic rings. The first kappa shape index (κ1) is 14.8. The Morgan fingerprint density at radius 3 is 2.73 bits per heavy atom. The zero-order valence-corrected chi connectivity index (χ0v) is 12.9. The van der Waals surface area contributed by atoms with E-state index in [2.05, 4.69) is 10.3 Å². The average molecular weight is 318 g/mol. The second kappa shape index (κ2) is 5.57. The van der Waals surface area contributed by atoms with Crippen LogP contribution in [-0.2, 0) is 4.79 Å². The van der Waals surface area contributed by atoms with E-state index >= 15 is 0 Å². The summed E-state index contributed by atoms with van der Waals surface area (Å²) in [7, 11) is 0. The number of halogens is 1. The van der Waals surface area contributed by atoms with Crippen LogP contribution in [0.5, 0.6) is 0 Å². The number of amides is 2. The van der Waals surface area contributed by atoms with Gasteiger partial charge in [0.15, 0.2) is 0 Å². The summed E-state index contributed by atoms with van der Waals surface area (Å²) in [5, 5.41) is 4.04. The lowest BCUT2D eigenvalue weighted by molar-refractivity contribution is -0.119. The van der Waals surface area contributed by atoms with Crippen LogP contribution in [0, 0.1) is 0 Å². The number of nitrogens with zero attached hydrogens (tertiary/aromatic N) is 1. The molecule has 1 aromatic carbocycles. The summed E-state index contributed by atoms with van der Waals surface area (Å²) in [5.41, 5.74) is 7.45. The summed E-state index contributed by atoms with van der Waals surface area (Å²) in [5.74, 6) is -0.430. The SMILES string of the molecule is C[C@H](NC(=O)c1cnc2cc(C3CC3)c(Cl)cc2c1)C(N)=O. The molecule has 0 radical (unpaired) electrons. The predicted molar refractivity (Wildman–Crippen MR) is 84.9 cm³/mol. The lowest BCUT2D eigenvalue weighted by Crippen LogP contribution is -2.42. The molecule has 3 N–H and O–H groups in total. The smallest absolute Gasteiger partial charge is 0.253 e. The van der Waals surface area contributed by atoms with Crippen LogP contribution in [0.3, 0.4) is 0 Å². The molecule has 2 amide bonds. The summed E-state index contributed by atoms with van der Waals surface area (Å²) < 4.78 is 0. The van der Waals surface area contributed by atoms with Crippen molar-refractivity contribution in [2.24, 2.45) is 5.73 Å². The molecule has 3 rings (SSSR count). The Labute approximate surface area is 132 Å². The van der Waals surface area contributed by atoms with Gasteiger partial charge in [-0.05, 0) is 49.4 Å². The molecule has 0 aliphatic heterocycles. The number of carbonyl (C=O) groups is 2. The first-order chi connectivity index (χ1) is 10.5. The third-order valence-corrected chi connectivity index (χ3v) is 4.18. The van der Waals surface area contributed by atoms with Crippen molar-refractivity contribution in [1.29, 1.82) is 0 Å². The minimum Gasteiger partial charge on any atom is -0.368 e. The fourth-order valence-corrected chi connectivity index (χ4v) is 2.67. The minimum absolute atomic E-state index is 0.371. The number of carbonyl (C=O) groups excluding carboxylic acids is 2. The maximum Gasteiger partial charge on any atom is 0.253 e. The molecule has 0 unspecified atom stereocenters. The van der Waals surface area contributed by atoms with E-state index in [0.717, 1.165) is 29.3 Å². The molecular formula is C16H16ClN3O2. The van der Waals surface area contributed by atoms with Crippen LogP contribution in [0.15, 0.2) is 24.4 Å². The van der Waals surface area contributed by atoms with Crippen molar-refractivity contribution in [1.82, 2.24) is 10.3 Å². The van der Waals surface area contributed by atoms with Crippen molar-refractivity contribution >= 4 is 34.3 Å². The van der Waals surface area contributed by atoms with Gasteiger partial charge in [-0.2, -0.15) is 0 Å². The van der Waals surface area contributed by atoms with Gasteiger partial charge in [0, 0.05) is 16.6 Å². The van der Waals surface area contributed by atoms with Gasteiger partial charge >= 0.3 is 0 Å². The largest absolute Gasteiger partial charge is 0.368 e. The van der Waals surface area contributed by atoms with Gasteiger partial charge in [0.1, 0.15) is 6.04 Å². The molecule has 1 fully saturated rings. The molecule has 114 valence electrons. The predicted octanol–water partition coefficient (Wildman–Crippen LogP) is 2.37. The highest BCUT2D eigenvalue weighted by molar-refractivity contribution is 6.32. The van der Waals surface area contributed by atoms with Crippen molar-refractivity contribution in [2.45, 2.75) is 31.7 Å². The zero-order chi connectivity index (χ0) is 15.9. The molecule has 22 heavy (non-hydrogen) atoms. The quantitative estimate of drug-likeness (QED) is 0.907. The number of hydrogen-bond acceptors (Lipinski definition) is 3. The summed E-state index contributed by atoms with van der Waals surface area (Å²) in [6.07, 6.45) is 3.82. The Balaban J connectivity index is 1.91. The molecular weight excluding hydrogens is 302 g/mol. The van der Waals surface area contributed by atoms with Crippen LogP contribution in [0.25, 0.3) is 10.9 Å². The van der Waals surface area contributed by atoms with E-state index in [0.29, 0.717) is 16.5 Å². The van der Waals surface area contributed by atoms with Gasteiger partial charge in [0.05, 0.1) is 11.1 Å². The number of primary amides is 1. The third-order valence-electron chi connectivity index (χ3n) is 3.85. The number of nitrogens with two attached hydrogens (primary N) is 1. The lowest BCUT2D eigenvalue weighted by atomic mass is 10.1. The van der Waals surface area contributed by atoms with E-state index in [1.807, 2.05) is 12.1 Å². The van der Waals surface area contributed by atoms with Crippen LogP contribution in [0.4, 0.5) is 0 Å². The lowest BCUT2D eigenvalue weighted by Gasteiger charge is -2.11. The molecule has 1 heterocycles. The number of benzene rings is 1. The van der Waals surface area contributed by atoms with Crippen molar-refractivity contribution in [3.05, 3.63) is 40.5 Å². The van der Waals surface area contributed by atoms with Crippen LogP contribution in [0.1, 0.15) is 41.6 Å². The summed E-state index contributed by atoms with van der Waals surface area (Å²) in [4.78, 5) is 27.4. The van der Waals surface area contributed by atoms with E-state index in [1.165, 1.54) is 13.1 Å². The van der Waals surface area contributed by atoms with E-state index in [-0.39, 0.29) is 5.91 Å². The van der Waals surface area contributed by atoms with Crippen LogP contribution >= 0.6 is 11.6 Å². The van der Waals surface area contributed by atoms with E-state index in [4.69, 9.17) is 17.3 Å². The molecule has 5 nitrogen and oxygen atoms in total. The monoisotopic (exact) mass is 317 g/mol. The van der Waals surface area contributed by atoms with Gasteiger partial charge in [0.2, 0.25) is 5.91 Å². The Bertz CT molecular complexity index is 771. The molecule has 6 heteroatoms. The maximum atomic E-state index is 12.1. The van der Waals surface area contributed by atoms with E-state index in [9.17, 15) is 9.59 Å². The van der Waals surface area contributed by atoms with Crippen LogP contribution in [-0.4, -0.2) is 22.8 Å². The number of hydrogen-bond donors (Lipinski definition) is 2. The number of rotatable bonds is 4. The molecule has 1 atom stereocenters.